The smallest absolute Gasteiger partial charge is 0.417 e. The van der Waals surface area contributed by atoms with Crippen LogP contribution in [0.15, 0.2) is 46.2 Å². The van der Waals surface area contributed by atoms with Crippen LogP contribution in [0.3, 0.4) is 0 Å². The van der Waals surface area contributed by atoms with Crippen molar-refractivity contribution in [3.8, 4) is 0 Å². The first-order valence-electron chi connectivity index (χ1n) is 15.8. The SMILES string of the molecule is Cc1ccc(C(=O)N[C@@H](CC(C)C)C(=O)OC(C)(C)C)c(SSc2cc(C)ccc2C(=O)N(CCC(C)C)C(=O)OC(C)(C)C)c1. The Hall–Kier alpha value is -2.98. The molecule has 0 bridgehead atoms. The third-order valence-corrected chi connectivity index (χ3v) is 8.91. The van der Waals surface area contributed by atoms with Crippen molar-refractivity contribution in [2.75, 3.05) is 6.54 Å². The zero-order valence-corrected chi connectivity index (χ0v) is 31.2. The average Bonchev–Trinajstić information content (AvgIpc) is 2.89. The molecular weight excluding hydrogens is 621 g/mol. The Morgan fingerprint density at radius 2 is 1.26 bits per heavy atom. The minimum atomic E-state index is -0.802. The maximum atomic E-state index is 13.9. The molecule has 1 atom stereocenters. The van der Waals surface area contributed by atoms with Gasteiger partial charge < -0.3 is 14.8 Å². The zero-order chi connectivity index (χ0) is 35.0. The molecule has 3 amide bonds. The highest BCUT2D eigenvalue weighted by atomic mass is 33.1. The minimum absolute atomic E-state index is 0.151. The lowest BCUT2D eigenvalue weighted by molar-refractivity contribution is -0.157. The lowest BCUT2D eigenvalue weighted by Crippen LogP contribution is -2.45. The van der Waals surface area contributed by atoms with Gasteiger partial charge in [-0.15, -0.1) is 0 Å². The Morgan fingerprint density at radius 3 is 1.74 bits per heavy atom. The van der Waals surface area contributed by atoms with E-state index >= 15 is 0 Å². The molecule has 8 nitrogen and oxygen atoms in total. The number of aryl methyl sites for hydroxylation is 2. The molecule has 254 valence electrons. The first-order valence-corrected chi connectivity index (χ1v) is 18.0. The Labute approximate surface area is 283 Å². The van der Waals surface area contributed by atoms with E-state index in [1.165, 1.54) is 26.5 Å². The molecule has 0 saturated heterocycles. The van der Waals surface area contributed by atoms with Crippen LogP contribution in [0.1, 0.15) is 114 Å². The summed E-state index contributed by atoms with van der Waals surface area (Å²) >= 11 is 0. The van der Waals surface area contributed by atoms with Crippen LogP contribution in [0.25, 0.3) is 0 Å². The van der Waals surface area contributed by atoms with Gasteiger partial charge in [-0.3, -0.25) is 9.59 Å². The number of hydrogen-bond acceptors (Lipinski definition) is 8. The van der Waals surface area contributed by atoms with Crippen molar-refractivity contribution >= 4 is 45.5 Å². The van der Waals surface area contributed by atoms with Crippen molar-refractivity contribution in [3.05, 3.63) is 58.7 Å². The lowest BCUT2D eigenvalue weighted by atomic mass is 10.0. The van der Waals surface area contributed by atoms with E-state index in [1.54, 1.807) is 53.7 Å². The number of amides is 3. The van der Waals surface area contributed by atoms with E-state index in [9.17, 15) is 19.2 Å². The average molecular weight is 673 g/mol. The quantitative estimate of drug-likeness (QED) is 0.176. The second kappa shape index (κ2) is 16.7. The van der Waals surface area contributed by atoms with E-state index in [2.05, 4.69) is 5.32 Å². The van der Waals surface area contributed by atoms with Gasteiger partial charge in [0.05, 0.1) is 11.1 Å². The maximum Gasteiger partial charge on any atom is 0.417 e. The van der Waals surface area contributed by atoms with Crippen LogP contribution in [0.5, 0.6) is 0 Å². The van der Waals surface area contributed by atoms with E-state index in [-0.39, 0.29) is 24.3 Å². The number of nitrogens with one attached hydrogen (secondary N) is 1. The number of esters is 1. The molecule has 0 unspecified atom stereocenters. The number of carbonyl (C=O) groups excluding carboxylic acids is 4. The van der Waals surface area contributed by atoms with Gasteiger partial charge in [-0.2, -0.15) is 0 Å². The summed E-state index contributed by atoms with van der Waals surface area (Å²) in [6.07, 6.45) is 0.390. The van der Waals surface area contributed by atoms with Gasteiger partial charge in [-0.1, -0.05) is 61.4 Å². The van der Waals surface area contributed by atoms with Gasteiger partial charge in [0.15, 0.2) is 0 Å². The van der Waals surface area contributed by atoms with Crippen LogP contribution < -0.4 is 5.32 Å². The topological polar surface area (TPSA) is 102 Å². The highest BCUT2D eigenvalue weighted by Crippen LogP contribution is 2.42. The normalized spacial score (nSPS) is 12.6. The number of benzene rings is 2. The summed E-state index contributed by atoms with van der Waals surface area (Å²) in [5.74, 6) is -0.862. The van der Waals surface area contributed by atoms with E-state index < -0.39 is 35.2 Å². The molecule has 0 spiro atoms. The molecule has 0 aliphatic rings. The molecule has 0 aliphatic carbocycles. The van der Waals surface area contributed by atoms with Gasteiger partial charge in [0.1, 0.15) is 17.2 Å². The molecule has 10 heteroatoms. The predicted molar refractivity (Wildman–Crippen MR) is 187 cm³/mol. The monoisotopic (exact) mass is 672 g/mol. The van der Waals surface area contributed by atoms with Gasteiger partial charge in [0.2, 0.25) is 0 Å². The summed E-state index contributed by atoms with van der Waals surface area (Å²) in [7, 11) is 2.68. The number of rotatable bonds is 12. The van der Waals surface area contributed by atoms with Crippen LogP contribution in [-0.4, -0.2) is 52.6 Å². The highest BCUT2D eigenvalue weighted by Gasteiger charge is 2.31. The molecule has 46 heavy (non-hydrogen) atoms. The molecule has 0 fully saturated rings. The second-order valence-electron chi connectivity index (χ2n) is 14.5. The van der Waals surface area contributed by atoms with E-state index in [0.717, 1.165) is 11.1 Å². The molecule has 2 aromatic carbocycles. The molecule has 2 aromatic rings. The second-order valence-corrected chi connectivity index (χ2v) is 16.7. The van der Waals surface area contributed by atoms with Crippen molar-refractivity contribution in [3.63, 3.8) is 0 Å². The van der Waals surface area contributed by atoms with E-state index in [4.69, 9.17) is 9.47 Å². The van der Waals surface area contributed by atoms with Crippen molar-refractivity contribution in [2.24, 2.45) is 11.8 Å². The molecule has 0 radical (unpaired) electrons. The van der Waals surface area contributed by atoms with E-state index in [0.29, 0.717) is 33.8 Å². The number of imide groups is 1. The minimum Gasteiger partial charge on any atom is -0.458 e. The summed E-state index contributed by atoms with van der Waals surface area (Å²) < 4.78 is 11.2. The fraction of sp³-hybridized carbons (Fsp3) is 0.556. The molecule has 1 N–H and O–H groups in total. The summed E-state index contributed by atoms with van der Waals surface area (Å²) in [6.45, 7) is 22.9. The molecule has 0 heterocycles. The molecule has 0 saturated carbocycles. The first kappa shape index (κ1) is 39.2. The van der Waals surface area contributed by atoms with Gasteiger partial charge in [0, 0.05) is 16.3 Å². The van der Waals surface area contributed by atoms with Crippen LogP contribution in [0, 0.1) is 25.7 Å². The predicted octanol–water partition coefficient (Wildman–Crippen LogP) is 9.01. The highest BCUT2D eigenvalue weighted by molar-refractivity contribution is 8.76. The third-order valence-electron chi connectivity index (χ3n) is 6.46. The van der Waals surface area contributed by atoms with Crippen molar-refractivity contribution in [1.29, 1.82) is 0 Å². The first-order chi connectivity index (χ1) is 21.2. The zero-order valence-electron chi connectivity index (χ0n) is 29.5. The summed E-state index contributed by atoms with van der Waals surface area (Å²) in [4.78, 5) is 56.2. The summed E-state index contributed by atoms with van der Waals surface area (Å²) in [6, 6.07) is 10.2. The van der Waals surface area contributed by atoms with Gasteiger partial charge >= 0.3 is 12.1 Å². The van der Waals surface area contributed by atoms with E-state index in [1.807, 2.05) is 65.8 Å². The Morgan fingerprint density at radius 1 is 0.761 bits per heavy atom. The standard InChI is InChI=1S/C36H52N2O6S2/c1-22(2)17-18-38(34(42)44-36(10,11)12)32(40)27-16-14-25(6)21-30(27)46-45-29-20-24(5)13-15-26(29)31(39)37-28(19-23(3)4)33(41)43-35(7,8)9/h13-16,20-23,28H,17-19H2,1-12H3,(H,37,39)/t28-/m0/s1. The Kier molecular flexibility index (Phi) is 14.3. The lowest BCUT2D eigenvalue weighted by Gasteiger charge is -2.27. The summed E-state index contributed by atoms with van der Waals surface area (Å²) in [5, 5.41) is 2.90. The van der Waals surface area contributed by atoms with Crippen LogP contribution >= 0.6 is 21.6 Å². The van der Waals surface area contributed by atoms with Gasteiger partial charge in [-0.25, -0.2) is 14.5 Å². The molecule has 0 aromatic heterocycles. The van der Waals surface area contributed by atoms with Crippen molar-refractivity contribution in [2.45, 2.75) is 123 Å². The third kappa shape index (κ3) is 13.0. The van der Waals surface area contributed by atoms with Gasteiger partial charge in [0.25, 0.3) is 11.8 Å². The number of ether oxygens (including phenoxy) is 2. The Balaban J connectivity index is 2.41. The number of carbonyl (C=O) groups is 4. The van der Waals surface area contributed by atoms with Crippen molar-refractivity contribution < 1.29 is 28.7 Å². The Bertz CT molecular complexity index is 1390. The largest absolute Gasteiger partial charge is 0.458 e. The summed E-state index contributed by atoms with van der Waals surface area (Å²) in [5.41, 5.74) is 1.24. The fourth-order valence-electron chi connectivity index (χ4n) is 4.27. The molecule has 0 aliphatic heterocycles. The van der Waals surface area contributed by atoms with Crippen LogP contribution in [0.2, 0.25) is 0 Å². The van der Waals surface area contributed by atoms with Crippen LogP contribution in [0.4, 0.5) is 4.79 Å². The fourth-order valence-corrected chi connectivity index (χ4v) is 6.78. The van der Waals surface area contributed by atoms with Crippen molar-refractivity contribution in [1.82, 2.24) is 10.2 Å². The number of hydrogen-bond donors (Lipinski definition) is 1. The molecular formula is C36H52N2O6S2. The molecule has 2 rings (SSSR count). The van der Waals surface area contributed by atoms with Crippen LogP contribution in [-0.2, 0) is 14.3 Å². The maximum absolute atomic E-state index is 13.9. The number of nitrogens with zero attached hydrogens (tertiary/aromatic N) is 1. The van der Waals surface area contributed by atoms with Gasteiger partial charge in [-0.05, 0) is 115 Å².